The molecule has 174 valence electrons. The maximum atomic E-state index is 11.7. The van der Waals surface area contributed by atoms with E-state index < -0.39 is 0 Å². The number of thioether (sulfide) groups is 1. The van der Waals surface area contributed by atoms with Gasteiger partial charge in [-0.05, 0) is 55.0 Å². The highest BCUT2D eigenvalue weighted by Gasteiger charge is 2.28. The van der Waals surface area contributed by atoms with Crippen LogP contribution in [0.5, 0.6) is 5.75 Å². The molecule has 1 atom stereocenters. The second kappa shape index (κ2) is 10.5. The van der Waals surface area contributed by atoms with Gasteiger partial charge in [-0.2, -0.15) is 0 Å². The summed E-state index contributed by atoms with van der Waals surface area (Å²) in [4.78, 5) is 14.9. The van der Waals surface area contributed by atoms with E-state index in [9.17, 15) is 4.79 Å². The third-order valence-electron chi connectivity index (χ3n) is 5.67. The van der Waals surface area contributed by atoms with Gasteiger partial charge in [0, 0.05) is 42.1 Å². The number of carbonyl (C=O) groups is 1. The molecule has 0 aliphatic carbocycles. The van der Waals surface area contributed by atoms with E-state index in [1.54, 1.807) is 18.9 Å². The Hall–Kier alpha value is -2.71. The van der Waals surface area contributed by atoms with Crippen molar-refractivity contribution in [3.63, 3.8) is 0 Å². The highest BCUT2D eigenvalue weighted by atomic mass is 35.5. The summed E-state index contributed by atoms with van der Waals surface area (Å²) >= 11 is 7.95. The minimum absolute atomic E-state index is 0.287. The van der Waals surface area contributed by atoms with Gasteiger partial charge in [0.15, 0.2) is 17.9 Å². The molecule has 2 heterocycles. The van der Waals surface area contributed by atoms with Gasteiger partial charge >= 0.3 is 5.97 Å². The average Bonchev–Trinajstić information content (AvgIpc) is 2.82. The first kappa shape index (κ1) is 23.4. The molecule has 3 aromatic rings. The zero-order valence-corrected chi connectivity index (χ0v) is 20.5. The van der Waals surface area contributed by atoms with Gasteiger partial charge in [-0.25, -0.2) is 0 Å². The molecular formula is C24H27ClN4O3S. The normalized spacial score (nSPS) is 16.0. The lowest BCUT2D eigenvalue weighted by atomic mass is 10.1. The second-order valence-electron chi connectivity index (χ2n) is 7.86. The molecule has 9 heteroatoms. The van der Waals surface area contributed by atoms with Gasteiger partial charge in [0.2, 0.25) is 0 Å². The predicted molar refractivity (Wildman–Crippen MR) is 133 cm³/mol. The van der Waals surface area contributed by atoms with Gasteiger partial charge in [0.1, 0.15) is 5.75 Å². The molecule has 0 saturated carbocycles. The average molecular weight is 487 g/mol. The van der Waals surface area contributed by atoms with Crippen molar-refractivity contribution in [2.24, 2.45) is 0 Å². The Morgan fingerprint density at radius 2 is 2.06 bits per heavy atom. The summed E-state index contributed by atoms with van der Waals surface area (Å²) in [6.07, 6.45) is 4.53. The van der Waals surface area contributed by atoms with Crippen LogP contribution in [0.15, 0.2) is 41.3 Å². The van der Waals surface area contributed by atoms with Crippen molar-refractivity contribution in [2.45, 2.75) is 43.9 Å². The maximum absolute atomic E-state index is 11.7. The van der Waals surface area contributed by atoms with E-state index in [-0.39, 0.29) is 12.2 Å². The second-order valence-corrected chi connectivity index (χ2v) is 9.15. The van der Waals surface area contributed by atoms with Crippen LogP contribution in [0, 0.1) is 0 Å². The molecule has 1 N–H and O–H groups in total. The number of esters is 1. The van der Waals surface area contributed by atoms with Crippen LogP contribution in [0.2, 0.25) is 5.02 Å². The lowest BCUT2D eigenvalue weighted by Crippen LogP contribution is -2.43. The van der Waals surface area contributed by atoms with Crippen LogP contribution >= 0.6 is 23.4 Å². The van der Waals surface area contributed by atoms with Crippen LogP contribution in [0.4, 0.5) is 11.6 Å². The van der Waals surface area contributed by atoms with Crippen LogP contribution < -0.4 is 15.0 Å². The number of piperidine rings is 1. The molecule has 4 rings (SSSR count). The first-order valence-corrected chi connectivity index (χ1v) is 12.4. The van der Waals surface area contributed by atoms with Gasteiger partial charge in [-0.1, -0.05) is 17.7 Å². The Morgan fingerprint density at radius 3 is 2.79 bits per heavy atom. The number of rotatable bonds is 7. The Bertz CT molecular complexity index is 1160. The zero-order valence-electron chi connectivity index (χ0n) is 18.9. The molecule has 1 aliphatic heterocycles. The summed E-state index contributed by atoms with van der Waals surface area (Å²) < 4.78 is 10.8. The van der Waals surface area contributed by atoms with E-state index in [1.807, 2.05) is 24.5 Å². The van der Waals surface area contributed by atoms with Crippen molar-refractivity contribution in [1.29, 1.82) is 0 Å². The van der Waals surface area contributed by atoms with Crippen molar-refractivity contribution in [3.05, 3.63) is 47.0 Å². The van der Waals surface area contributed by atoms with E-state index in [0.717, 1.165) is 52.9 Å². The Kier molecular flexibility index (Phi) is 7.45. The monoisotopic (exact) mass is 486 g/mol. The minimum Gasteiger partial charge on any atom is -0.495 e. The van der Waals surface area contributed by atoms with Crippen LogP contribution in [0.3, 0.4) is 0 Å². The summed E-state index contributed by atoms with van der Waals surface area (Å²) in [5.74, 6) is 1.79. The van der Waals surface area contributed by atoms with Gasteiger partial charge in [0.05, 0.1) is 12.1 Å². The number of benzene rings is 2. The van der Waals surface area contributed by atoms with Crippen molar-refractivity contribution in [2.75, 3.05) is 30.1 Å². The molecule has 1 unspecified atom stereocenters. The van der Waals surface area contributed by atoms with E-state index in [0.29, 0.717) is 23.1 Å². The molecule has 0 radical (unpaired) electrons. The molecule has 33 heavy (non-hydrogen) atoms. The molecule has 1 aromatic heterocycles. The van der Waals surface area contributed by atoms with Crippen molar-refractivity contribution in [3.8, 4) is 5.75 Å². The smallest absolute Gasteiger partial charge is 0.304 e. The number of carbonyl (C=O) groups excluding carboxylic acids is 1. The Balaban J connectivity index is 1.68. The highest BCUT2D eigenvalue weighted by Crippen LogP contribution is 2.35. The number of nitrogens with zero attached hydrogens (tertiary/aromatic N) is 3. The van der Waals surface area contributed by atoms with E-state index in [2.05, 4.69) is 38.6 Å². The fourth-order valence-electron chi connectivity index (χ4n) is 4.05. The van der Waals surface area contributed by atoms with E-state index >= 15 is 0 Å². The number of hydrogen-bond acceptors (Lipinski definition) is 8. The largest absolute Gasteiger partial charge is 0.495 e. The molecular weight excluding hydrogens is 460 g/mol. The zero-order chi connectivity index (χ0) is 23.4. The number of halogens is 1. The first-order chi connectivity index (χ1) is 16.0. The van der Waals surface area contributed by atoms with Crippen LogP contribution in [0.1, 0.15) is 31.7 Å². The lowest BCUT2D eigenvalue weighted by molar-refractivity contribution is -0.147. The quantitative estimate of drug-likeness (QED) is 0.346. The molecule has 1 aliphatic rings. The summed E-state index contributed by atoms with van der Waals surface area (Å²) in [5, 5.41) is 15.0. The molecule has 1 saturated heterocycles. The Labute approximate surface area is 202 Å². The van der Waals surface area contributed by atoms with Crippen molar-refractivity contribution in [1.82, 2.24) is 10.2 Å². The molecule has 0 amide bonds. The van der Waals surface area contributed by atoms with Gasteiger partial charge in [-0.3, -0.25) is 4.79 Å². The number of nitrogens with one attached hydrogen (secondary N) is 1. The van der Waals surface area contributed by atoms with Crippen molar-refractivity contribution >= 4 is 51.7 Å². The number of ether oxygens (including phenoxy) is 2. The van der Waals surface area contributed by atoms with Crippen LogP contribution in [-0.2, 0) is 16.1 Å². The topological polar surface area (TPSA) is 76.6 Å². The molecule has 2 aromatic carbocycles. The van der Waals surface area contributed by atoms with E-state index in [1.165, 1.54) is 6.92 Å². The number of aromatic nitrogens is 2. The van der Waals surface area contributed by atoms with Gasteiger partial charge in [-0.15, -0.1) is 22.0 Å². The fourth-order valence-corrected chi connectivity index (χ4v) is 4.77. The molecule has 1 fully saturated rings. The van der Waals surface area contributed by atoms with Gasteiger partial charge < -0.3 is 19.7 Å². The number of anilines is 2. The summed E-state index contributed by atoms with van der Waals surface area (Å²) in [7, 11) is 1.60. The summed E-state index contributed by atoms with van der Waals surface area (Å²) in [5.41, 5.74) is 1.01. The third-order valence-corrected chi connectivity index (χ3v) is 6.69. The summed E-state index contributed by atoms with van der Waals surface area (Å²) in [6.45, 7) is 2.75. The molecule has 0 spiro atoms. The SMILES string of the molecule is COc1ccc(CNc2nnc(N3CCCCC3OC(C)=O)c3ccc(SC)cc23)cc1Cl. The number of fused-ring (bicyclic) bond motifs is 1. The predicted octanol–water partition coefficient (Wildman–Crippen LogP) is 5.51. The minimum atomic E-state index is -0.325. The van der Waals surface area contributed by atoms with E-state index in [4.69, 9.17) is 21.1 Å². The third kappa shape index (κ3) is 5.28. The van der Waals surface area contributed by atoms with Crippen molar-refractivity contribution < 1.29 is 14.3 Å². The standard InChI is InChI=1S/C24H27ClN4O3S/c1-15(30)32-22-6-4-5-11-29(22)24-18-9-8-17(33-3)13-19(18)23(27-28-24)26-14-16-7-10-21(31-2)20(25)12-16/h7-10,12-13,22H,4-6,11,14H2,1-3H3,(H,26,27). The lowest BCUT2D eigenvalue weighted by Gasteiger charge is -2.35. The highest BCUT2D eigenvalue weighted by molar-refractivity contribution is 7.98. The number of hydrogen-bond donors (Lipinski definition) is 1. The molecule has 0 bridgehead atoms. The fraction of sp³-hybridized carbons (Fsp3) is 0.375. The maximum Gasteiger partial charge on any atom is 0.304 e. The van der Waals surface area contributed by atoms with Crippen LogP contribution in [-0.4, -0.2) is 42.3 Å². The first-order valence-electron chi connectivity index (χ1n) is 10.8. The molecule has 7 nitrogen and oxygen atoms in total. The number of methoxy groups -OCH3 is 1. The summed E-state index contributed by atoms with van der Waals surface area (Å²) in [6, 6.07) is 12.0. The van der Waals surface area contributed by atoms with Crippen LogP contribution in [0.25, 0.3) is 10.8 Å². The van der Waals surface area contributed by atoms with Gasteiger partial charge in [0.25, 0.3) is 0 Å². The Morgan fingerprint density at radius 1 is 1.21 bits per heavy atom.